The molecule has 0 aliphatic rings. The molecule has 1 aromatic rings. The highest BCUT2D eigenvalue weighted by molar-refractivity contribution is 7.80. The molecule has 3 heteroatoms. The van der Waals surface area contributed by atoms with Gasteiger partial charge < -0.3 is 0 Å². The Bertz CT molecular complexity index is 198. The van der Waals surface area contributed by atoms with Gasteiger partial charge in [-0.2, -0.15) is 17.7 Å². The maximum atomic E-state index is 4.16. The third-order valence-electron chi connectivity index (χ3n) is 1.62. The highest BCUT2D eigenvalue weighted by Crippen LogP contribution is 2.06. The summed E-state index contributed by atoms with van der Waals surface area (Å²) in [4.78, 5) is 0. The van der Waals surface area contributed by atoms with Gasteiger partial charge in [0.25, 0.3) is 0 Å². The standard InChI is InChI=1S/C7H12N2S/c1-6-5-8-9(2)7(6)3-4-10/h5,10H,3-4H2,1-2H3. The summed E-state index contributed by atoms with van der Waals surface area (Å²) in [5.41, 5.74) is 2.55. The Morgan fingerprint density at radius 1 is 1.70 bits per heavy atom. The molecule has 0 aliphatic heterocycles. The zero-order valence-electron chi connectivity index (χ0n) is 6.33. The Kier molecular flexibility index (Phi) is 2.38. The lowest BCUT2D eigenvalue weighted by molar-refractivity contribution is 0.718. The number of hydrogen-bond donors (Lipinski definition) is 1. The lowest BCUT2D eigenvalue weighted by Gasteiger charge is -1.99. The Balaban J connectivity index is 2.87. The van der Waals surface area contributed by atoms with Gasteiger partial charge in [0.1, 0.15) is 0 Å². The predicted octanol–water partition coefficient (Wildman–Crippen LogP) is 1.20. The number of thiol groups is 1. The van der Waals surface area contributed by atoms with Crippen LogP contribution in [-0.4, -0.2) is 15.5 Å². The van der Waals surface area contributed by atoms with E-state index < -0.39 is 0 Å². The second kappa shape index (κ2) is 3.10. The maximum Gasteiger partial charge on any atom is 0.0521 e. The molecule has 2 nitrogen and oxygen atoms in total. The molecule has 0 aromatic carbocycles. The molecule has 0 N–H and O–H groups in total. The van der Waals surface area contributed by atoms with E-state index in [1.165, 1.54) is 11.3 Å². The molecule has 0 radical (unpaired) electrons. The summed E-state index contributed by atoms with van der Waals surface area (Å²) in [7, 11) is 1.96. The second-order valence-electron chi connectivity index (χ2n) is 2.37. The number of nitrogens with zero attached hydrogens (tertiary/aromatic N) is 2. The van der Waals surface area contributed by atoms with Gasteiger partial charge in [-0.3, -0.25) is 4.68 Å². The highest BCUT2D eigenvalue weighted by atomic mass is 32.1. The molecule has 0 saturated heterocycles. The molecule has 56 valence electrons. The van der Waals surface area contributed by atoms with Gasteiger partial charge in [-0.05, 0) is 24.7 Å². The summed E-state index contributed by atoms with van der Waals surface area (Å²) in [5.74, 6) is 0.889. The fraction of sp³-hybridized carbons (Fsp3) is 0.571. The number of aryl methyl sites for hydroxylation is 2. The fourth-order valence-electron chi connectivity index (χ4n) is 1.04. The predicted molar refractivity (Wildman–Crippen MR) is 45.5 cm³/mol. The summed E-state index contributed by atoms with van der Waals surface area (Å²) >= 11 is 4.16. The number of aromatic nitrogens is 2. The van der Waals surface area contributed by atoms with E-state index in [-0.39, 0.29) is 0 Å². The van der Waals surface area contributed by atoms with Crippen molar-refractivity contribution in [2.75, 3.05) is 5.75 Å². The largest absolute Gasteiger partial charge is 0.272 e. The van der Waals surface area contributed by atoms with Gasteiger partial charge in [-0.25, -0.2) is 0 Å². The minimum atomic E-state index is 0.889. The quantitative estimate of drug-likeness (QED) is 0.637. The van der Waals surface area contributed by atoms with Crippen molar-refractivity contribution in [3.8, 4) is 0 Å². The smallest absolute Gasteiger partial charge is 0.0521 e. The van der Waals surface area contributed by atoms with E-state index in [1.54, 1.807) is 0 Å². The van der Waals surface area contributed by atoms with Crippen LogP contribution in [0.5, 0.6) is 0 Å². The lowest BCUT2D eigenvalue weighted by Crippen LogP contribution is -1.99. The summed E-state index contributed by atoms with van der Waals surface area (Å²) < 4.78 is 1.91. The van der Waals surface area contributed by atoms with E-state index in [2.05, 4.69) is 24.7 Å². The van der Waals surface area contributed by atoms with Crippen molar-refractivity contribution in [1.82, 2.24) is 9.78 Å². The summed E-state index contributed by atoms with van der Waals surface area (Å²) in [6.45, 7) is 2.08. The van der Waals surface area contributed by atoms with Gasteiger partial charge in [-0.15, -0.1) is 0 Å². The fourth-order valence-corrected chi connectivity index (χ4v) is 1.25. The van der Waals surface area contributed by atoms with Crippen LogP contribution >= 0.6 is 12.6 Å². The van der Waals surface area contributed by atoms with Gasteiger partial charge in [0.2, 0.25) is 0 Å². The summed E-state index contributed by atoms with van der Waals surface area (Å²) in [5, 5.41) is 4.12. The van der Waals surface area contributed by atoms with E-state index in [0.29, 0.717) is 0 Å². The van der Waals surface area contributed by atoms with E-state index in [0.717, 1.165) is 12.2 Å². The zero-order valence-corrected chi connectivity index (χ0v) is 7.23. The van der Waals surface area contributed by atoms with Crippen LogP contribution in [0.25, 0.3) is 0 Å². The van der Waals surface area contributed by atoms with Crippen molar-refractivity contribution in [3.05, 3.63) is 17.5 Å². The molecule has 0 atom stereocenters. The molecule has 0 unspecified atom stereocenters. The first kappa shape index (κ1) is 7.66. The third-order valence-corrected chi connectivity index (χ3v) is 1.84. The van der Waals surface area contributed by atoms with Crippen LogP contribution < -0.4 is 0 Å². The third kappa shape index (κ3) is 1.34. The molecule has 0 aliphatic carbocycles. The Morgan fingerprint density at radius 3 is 2.80 bits per heavy atom. The first-order chi connectivity index (χ1) is 4.75. The average molecular weight is 156 g/mol. The Labute approximate surface area is 66.7 Å². The van der Waals surface area contributed by atoms with Gasteiger partial charge >= 0.3 is 0 Å². The molecular formula is C7H12N2S. The minimum Gasteiger partial charge on any atom is -0.272 e. The Morgan fingerprint density at radius 2 is 2.40 bits per heavy atom. The van der Waals surface area contributed by atoms with Crippen LogP contribution in [0.15, 0.2) is 6.20 Å². The van der Waals surface area contributed by atoms with Crippen molar-refractivity contribution in [2.45, 2.75) is 13.3 Å². The molecule has 0 fully saturated rings. The van der Waals surface area contributed by atoms with Crippen molar-refractivity contribution in [2.24, 2.45) is 7.05 Å². The zero-order chi connectivity index (χ0) is 7.56. The lowest BCUT2D eigenvalue weighted by atomic mass is 10.2. The number of hydrogen-bond acceptors (Lipinski definition) is 2. The molecule has 0 amide bonds. The van der Waals surface area contributed by atoms with Crippen molar-refractivity contribution in [1.29, 1.82) is 0 Å². The van der Waals surface area contributed by atoms with Gasteiger partial charge in [-0.1, -0.05) is 0 Å². The maximum absolute atomic E-state index is 4.16. The molecule has 1 heterocycles. The molecule has 10 heavy (non-hydrogen) atoms. The van der Waals surface area contributed by atoms with Crippen LogP contribution in [0, 0.1) is 6.92 Å². The van der Waals surface area contributed by atoms with Crippen LogP contribution in [0.1, 0.15) is 11.3 Å². The SMILES string of the molecule is Cc1cnn(C)c1CCS. The average Bonchev–Trinajstić information content (AvgIpc) is 2.20. The van der Waals surface area contributed by atoms with E-state index in [9.17, 15) is 0 Å². The first-order valence-electron chi connectivity index (χ1n) is 3.34. The number of rotatable bonds is 2. The minimum absolute atomic E-state index is 0.889. The van der Waals surface area contributed by atoms with Crippen LogP contribution in [-0.2, 0) is 13.5 Å². The van der Waals surface area contributed by atoms with Crippen LogP contribution in [0.2, 0.25) is 0 Å². The molecule has 0 bridgehead atoms. The Hall–Kier alpha value is -0.440. The van der Waals surface area contributed by atoms with Crippen molar-refractivity contribution < 1.29 is 0 Å². The topological polar surface area (TPSA) is 17.8 Å². The normalized spacial score (nSPS) is 10.3. The molecule has 0 saturated carbocycles. The van der Waals surface area contributed by atoms with E-state index in [4.69, 9.17) is 0 Å². The monoisotopic (exact) mass is 156 g/mol. The molecule has 0 spiro atoms. The van der Waals surface area contributed by atoms with Gasteiger partial charge in [0.15, 0.2) is 0 Å². The second-order valence-corrected chi connectivity index (χ2v) is 2.82. The van der Waals surface area contributed by atoms with Gasteiger partial charge in [0.05, 0.1) is 6.20 Å². The van der Waals surface area contributed by atoms with Crippen molar-refractivity contribution in [3.63, 3.8) is 0 Å². The highest BCUT2D eigenvalue weighted by Gasteiger charge is 2.01. The van der Waals surface area contributed by atoms with E-state index >= 15 is 0 Å². The molecular weight excluding hydrogens is 144 g/mol. The summed E-state index contributed by atoms with van der Waals surface area (Å²) in [6, 6.07) is 0. The summed E-state index contributed by atoms with van der Waals surface area (Å²) in [6.07, 6.45) is 2.89. The first-order valence-corrected chi connectivity index (χ1v) is 3.97. The van der Waals surface area contributed by atoms with Crippen LogP contribution in [0.3, 0.4) is 0 Å². The molecule has 1 rings (SSSR count). The van der Waals surface area contributed by atoms with E-state index in [1.807, 2.05) is 17.9 Å². The molecule has 1 aromatic heterocycles. The van der Waals surface area contributed by atoms with Crippen LogP contribution in [0.4, 0.5) is 0 Å². The van der Waals surface area contributed by atoms with Gasteiger partial charge in [0, 0.05) is 12.7 Å². The van der Waals surface area contributed by atoms with Crippen molar-refractivity contribution >= 4 is 12.6 Å².